The molecule has 0 spiro atoms. The van der Waals surface area contributed by atoms with Gasteiger partial charge in [-0.2, -0.15) is 0 Å². The summed E-state index contributed by atoms with van der Waals surface area (Å²) in [5.41, 5.74) is 1.82. The van der Waals surface area contributed by atoms with E-state index in [9.17, 15) is 0 Å². The van der Waals surface area contributed by atoms with Crippen LogP contribution in [-0.4, -0.2) is 21.7 Å². The minimum absolute atomic E-state index is 0.680. The van der Waals surface area contributed by atoms with Crippen molar-refractivity contribution < 1.29 is 0 Å². The summed E-state index contributed by atoms with van der Waals surface area (Å²) in [6.07, 6.45) is 1.79. The lowest BCUT2D eigenvalue weighted by Gasteiger charge is -1.98. The lowest BCUT2D eigenvalue weighted by molar-refractivity contribution is 1.08. The molecule has 1 N–H and O–H groups in total. The second-order valence-corrected chi connectivity index (χ2v) is 4.95. The molecule has 2 aromatic heterocycles. The molecule has 0 radical (unpaired) electrons. The fourth-order valence-electron chi connectivity index (χ4n) is 1.74. The SMILES string of the molecule is C=CCNc1nnc(-c2ccc3ccccc3n2)s1. The Morgan fingerprint density at radius 2 is 2.05 bits per heavy atom. The van der Waals surface area contributed by atoms with Crippen LogP contribution in [-0.2, 0) is 0 Å². The predicted octanol–water partition coefficient (Wildman–Crippen LogP) is 3.35. The van der Waals surface area contributed by atoms with E-state index in [1.54, 1.807) is 6.08 Å². The summed E-state index contributed by atoms with van der Waals surface area (Å²) in [6.45, 7) is 4.34. The first kappa shape index (κ1) is 11.8. The zero-order valence-corrected chi connectivity index (χ0v) is 11.0. The van der Waals surface area contributed by atoms with Crippen molar-refractivity contribution in [3.8, 4) is 10.7 Å². The quantitative estimate of drug-likeness (QED) is 0.737. The number of rotatable bonds is 4. The van der Waals surface area contributed by atoms with E-state index in [1.807, 2.05) is 30.3 Å². The lowest BCUT2D eigenvalue weighted by Crippen LogP contribution is -1.96. The van der Waals surface area contributed by atoms with Gasteiger partial charge in [0.1, 0.15) is 5.69 Å². The summed E-state index contributed by atoms with van der Waals surface area (Å²) in [4.78, 5) is 4.60. The molecule has 0 saturated heterocycles. The summed E-state index contributed by atoms with van der Waals surface area (Å²) in [5.74, 6) is 0. The number of aromatic nitrogens is 3. The molecule has 4 nitrogen and oxygen atoms in total. The van der Waals surface area contributed by atoms with Gasteiger partial charge in [-0.1, -0.05) is 41.7 Å². The summed E-state index contributed by atoms with van der Waals surface area (Å²) in [6, 6.07) is 12.1. The Morgan fingerprint density at radius 3 is 2.95 bits per heavy atom. The van der Waals surface area contributed by atoms with Gasteiger partial charge in [0.15, 0.2) is 5.01 Å². The van der Waals surface area contributed by atoms with Gasteiger partial charge in [-0.25, -0.2) is 4.98 Å². The average Bonchev–Trinajstić information content (AvgIpc) is 2.93. The molecule has 0 aliphatic carbocycles. The molecule has 0 bridgehead atoms. The molecule has 0 fully saturated rings. The molecule has 19 heavy (non-hydrogen) atoms. The number of hydrogen-bond acceptors (Lipinski definition) is 5. The molecular weight excluding hydrogens is 256 g/mol. The molecule has 5 heteroatoms. The molecule has 3 rings (SSSR count). The number of nitrogens with one attached hydrogen (secondary N) is 1. The van der Waals surface area contributed by atoms with Gasteiger partial charge in [0.2, 0.25) is 5.13 Å². The number of hydrogen-bond donors (Lipinski definition) is 1. The van der Waals surface area contributed by atoms with E-state index in [4.69, 9.17) is 0 Å². The van der Waals surface area contributed by atoms with Crippen molar-refractivity contribution in [3.63, 3.8) is 0 Å². The highest BCUT2D eigenvalue weighted by Gasteiger charge is 2.07. The zero-order chi connectivity index (χ0) is 13.1. The van der Waals surface area contributed by atoms with Gasteiger partial charge in [-0.05, 0) is 12.1 Å². The van der Waals surface area contributed by atoms with Crippen LogP contribution >= 0.6 is 11.3 Å². The minimum atomic E-state index is 0.680. The van der Waals surface area contributed by atoms with E-state index in [1.165, 1.54) is 11.3 Å². The zero-order valence-electron chi connectivity index (χ0n) is 10.2. The largest absolute Gasteiger partial charge is 0.357 e. The minimum Gasteiger partial charge on any atom is -0.357 e. The van der Waals surface area contributed by atoms with Crippen molar-refractivity contribution >= 4 is 27.4 Å². The van der Waals surface area contributed by atoms with Crippen LogP contribution in [0.15, 0.2) is 49.1 Å². The highest BCUT2D eigenvalue weighted by atomic mass is 32.1. The number of fused-ring (bicyclic) bond motifs is 1. The van der Waals surface area contributed by atoms with Crippen molar-refractivity contribution in [1.82, 2.24) is 15.2 Å². The van der Waals surface area contributed by atoms with E-state index < -0.39 is 0 Å². The third-order valence-corrected chi connectivity index (χ3v) is 3.54. The maximum atomic E-state index is 4.60. The van der Waals surface area contributed by atoms with Crippen LogP contribution in [0.1, 0.15) is 0 Å². The number of pyridine rings is 1. The fraction of sp³-hybridized carbons (Fsp3) is 0.0714. The summed E-state index contributed by atoms with van der Waals surface area (Å²) in [7, 11) is 0. The van der Waals surface area contributed by atoms with E-state index in [-0.39, 0.29) is 0 Å². The van der Waals surface area contributed by atoms with E-state index in [2.05, 4.69) is 33.1 Å². The standard InChI is InChI=1S/C14H12N4S/c1-2-9-15-14-18-17-13(19-14)12-8-7-10-5-3-4-6-11(10)16-12/h2-8H,1,9H2,(H,15,18). The van der Waals surface area contributed by atoms with Crippen molar-refractivity contribution in [2.75, 3.05) is 11.9 Å². The monoisotopic (exact) mass is 268 g/mol. The van der Waals surface area contributed by atoms with Crippen LogP contribution < -0.4 is 5.32 Å². The smallest absolute Gasteiger partial charge is 0.206 e. The molecule has 3 aromatic rings. The number of anilines is 1. The van der Waals surface area contributed by atoms with Gasteiger partial charge in [-0.15, -0.1) is 16.8 Å². The molecule has 1 aromatic carbocycles. The van der Waals surface area contributed by atoms with Crippen LogP contribution in [0.5, 0.6) is 0 Å². The van der Waals surface area contributed by atoms with Crippen LogP contribution in [0, 0.1) is 0 Å². The summed E-state index contributed by atoms with van der Waals surface area (Å²) >= 11 is 1.49. The number of nitrogens with zero attached hydrogens (tertiary/aromatic N) is 3. The molecule has 0 unspecified atom stereocenters. The van der Waals surface area contributed by atoms with Crippen molar-refractivity contribution in [1.29, 1.82) is 0 Å². The Balaban J connectivity index is 1.94. The third-order valence-electron chi connectivity index (χ3n) is 2.64. The molecule has 0 saturated carbocycles. The summed E-state index contributed by atoms with van der Waals surface area (Å²) in [5, 5.41) is 14.1. The summed E-state index contributed by atoms with van der Waals surface area (Å²) < 4.78 is 0. The number of benzene rings is 1. The lowest BCUT2D eigenvalue weighted by atomic mass is 10.2. The maximum absolute atomic E-state index is 4.60. The van der Waals surface area contributed by atoms with Crippen LogP contribution in [0.25, 0.3) is 21.6 Å². The first-order valence-corrected chi connectivity index (χ1v) is 6.73. The van der Waals surface area contributed by atoms with Gasteiger partial charge in [0.05, 0.1) is 5.52 Å². The van der Waals surface area contributed by atoms with E-state index in [0.29, 0.717) is 6.54 Å². The molecule has 0 amide bonds. The first-order valence-electron chi connectivity index (χ1n) is 5.91. The number of para-hydroxylation sites is 1. The van der Waals surface area contributed by atoms with E-state index >= 15 is 0 Å². The average molecular weight is 268 g/mol. The molecule has 2 heterocycles. The van der Waals surface area contributed by atoms with Gasteiger partial charge < -0.3 is 5.32 Å². The highest BCUT2D eigenvalue weighted by molar-refractivity contribution is 7.18. The van der Waals surface area contributed by atoms with Crippen LogP contribution in [0.4, 0.5) is 5.13 Å². The first-order chi connectivity index (χ1) is 9.36. The van der Waals surface area contributed by atoms with Crippen LogP contribution in [0.3, 0.4) is 0 Å². The van der Waals surface area contributed by atoms with Crippen LogP contribution in [0.2, 0.25) is 0 Å². The second-order valence-electron chi connectivity index (χ2n) is 3.97. The molecule has 94 valence electrons. The van der Waals surface area contributed by atoms with Crippen molar-refractivity contribution in [2.45, 2.75) is 0 Å². The fourth-order valence-corrected chi connectivity index (χ4v) is 2.46. The Hall–Kier alpha value is -2.27. The topological polar surface area (TPSA) is 50.7 Å². The molecule has 0 aliphatic rings. The third kappa shape index (κ3) is 2.46. The Bertz CT molecular complexity index is 720. The van der Waals surface area contributed by atoms with Crippen molar-refractivity contribution in [3.05, 3.63) is 49.1 Å². The van der Waals surface area contributed by atoms with Gasteiger partial charge in [0.25, 0.3) is 0 Å². The normalized spacial score (nSPS) is 10.5. The second kappa shape index (κ2) is 5.16. The van der Waals surface area contributed by atoms with Gasteiger partial charge >= 0.3 is 0 Å². The highest BCUT2D eigenvalue weighted by Crippen LogP contribution is 2.26. The Labute approximate surface area is 114 Å². The molecule has 0 aliphatic heterocycles. The van der Waals surface area contributed by atoms with E-state index in [0.717, 1.165) is 26.7 Å². The predicted molar refractivity (Wildman–Crippen MR) is 79.3 cm³/mol. The maximum Gasteiger partial charge on any atom is 0.206 e. The molecule has 0 atom stereocenters. The molecular formula is C14H12N4S. The Morgan fingerprint density at radius 1 is 1.16 bits per heavy atom. The van der Waals surface area contributed by atoms with Gasteiger partial charge in [-0.3, -0.25) is 0 Å². The Kier molecular flexibility index (Phi) is 3.20. The van der Waals surface area contributed by atoms with Crippen molar-refractivity contribution in [2.24, 2.45) is 0 Å². The van der Waals surface area contributed by atoms with Gasteiger partial charge in [0, 0.05) is 11.9 Å².